The lowest BCUT2D eigenvalue weighted by Gasteiger charge is -2.13. The van der Waals surface area contributed by atoms with E-state index in [-0.39, 0.29) is 0 Å². The average Bonchev–Trinajstić information content (AvgIpc) is 2.17. The summed E-state index contributed by atoms with van der Waals surface area (Å²) in [5.41, 5.74) is 6.29. The first-order chi connectivity index (χ1) is 6.15. The van der Waals surface area contributed by atoms with Crippen LogP contribution in [0.4, 0.5) is 10.5 Å². The molecule has 2 N–H and O–H groups in total. The van der Waals surface area contributed by atoms with Crippen LogP contribution in [-0.2, 0) is 0 Å². The van der Waals surface area contributed by atoms with Gasteiger partial charge in [0.05, 0.1) is 11.6 Å². The van der Waals surface area contributed by atoms with Crippen LogP contribution >= 0.6 is 0 Å². The van der Waals surface area contributed by atoms with Gasteiger partial charge < -0.3 is 5.73 Å². The minimum atomic E-state index is -0.523. The summed E-state index contributed by atoms with van der Waals surface area (Å²) in [5, 5.41) is 8.52. The van der Waals surface area contributed by atoms with Crippen LogP contribution in [0.5, 0.6) is 0 Å². The third-order valence-electron chi connectivity index (χ3n) is 1.71. The molecule has 0 saturated heterocycles. The molecule has 0 aliphatic rings. The Labute approximate surface area is 76.2 Å². The Balaban J connectivity index is 2.93. The van der Waals surface area contributed by atoms with Gasteiger partial charge in [0.2, 0.25) is 0 Å². The smallest absolute Gasteiger partial charge is 0.318 e. The minimum absolute atomic E-state index is 0.523. The second kappa shape index (κ2) is 3.59. The van der Waals surface area contributed by atoms with E-state index in [1.807, 2.05) is 6.07 Å². The van der Waals surface area contributed by atoms with Crippen molar-refractivity contribution in [3.63, 3.8) is 0 Å². The highest BCUT2D eigenvalue weighted by molar-refractivity contribution is 5.89. The quantitative estimate of drug-likeness (QED) is 0.693. The molecule has 0 radical (unpaired) electrons. The highest BCUT2D eigenvalue weighted by atomic mass is 16.2. The summed E-state index contributed by atoms with van der Waals surface area (Å²) in [6, 6.07) is 8.07. The molecule has 2 amide bonds. The molecule has 66 valence electrons. The minimum Gasteiger partial charge on any atom is -0.351 e. The summed E-state index contributed by atoms with van der Waals surface area (Å²) in [6.45, 7) is 0. The molecule has 4 nitrogen and oxygen atoms in total. The van der Waals surface area contributed by atoms with E-state index in [2.05, 4.69) is 0 Å². The van der Waals surface area contributed by atoms with Gasteiger partial charge in [0, 0.05) is 12.7 Å². The molecule has 0 fully saturated rings. The Kier molecular flexibility index (Phi) is 2.50. The average molecular weight is 175 g/mol. The number of nitriles is 1. The van der Waals surface area contributed by atoms with E-state index >= 15 is 0 Å². The second-order valence-electron chi connectivity index (χ2n) is 2.56. The third-order valence-corrected chi connectivity index (χ3v) is 1.71. The monoisotopic (exact) mass is 175 g/mol. The lowest BCUT2D eigenvalue weighted by atomic mass is 10.2. The molecular formula is C9H9N3O. The molecule has 0 atom stereocenters. The van der Waals surface area contributed by atoms with E-state index in [9.17, 15) is 4.79 Å². The van der Waals surface area contributed by atoms with Gasteiger partial charge in [0.1, 0.15) is 0 Å². The number of hydrogen-bond donors (Lipinski definition) is 1. The van der Waals surface area contributed by atoms with E-state index in [0.717, 1.165) is 0 Å². The van der Waals surface area contributed by atoms with Crippen molar-refractivity contribution in [2.45, 2.75) is 0 Å². The number of nitrogens with two attached hydrogens (primary N) is 1. The van der Waals surface area contributed by atoms with Gasteiger partial charge in [0.25, 0.3) is 0 Å². The zero-order chi connectivity index (χ0) is 9.84. The number of carbonyl (C=O) groups excluding carboxylic acids is 1. The molecule has 13 heavy (non-hydrogen) atoms. The van der Waals surface area contributed by atoms with Crippen molar-refractivity contribution < 1.29 is 4.79 Å². The van der Waals surface area contributed by atoms with Crippen LogP contribution in [0.2, 0.25) is 0 Å². The van der Waals surface area contributed by atoms with Gasteiger partial charge in [-0.15, -0.1) is 0 Å². The van der Waals surface area contributed by atoms with E-state index in [0.29, 0.717) is 11.3 Å². The number of urea groups is 1. The normalized spacial score (nSPS) is 8.92. The zero-order valence-electron chi connectivity index (χ0n) is 7.19. The fourth-order valence-electron chi connectivity index (χ4n) is 0.887. The van der Waals surface area contributed by atoms with Crippen molar-refractivity contribution in [3.05, 3.63) is 29.8 Å². The fraction of sp³-hybridized carbons (Fsp3) is 0.111. The molecule has 0 heterocycles. The number of carbonyl (C=O) groups is 1. The Hall–Kier alpha value is -2.02. The highest BCUT2D eigenvalue weighted by Gasteiger charge is 2.04. The molecule has 0 bridgehead atoms. The SMILES string of the molecule is CN(C(N)=O)c1ccc(C#N)cc1. The first-order valence-electron chi connectivity index (χ1n) is 3.68. The first kappa shape index (κ1) is 9.07. The van der Waals surface area contributed by atoms with Crippen LogP contribution in [0.3, 0.4) is 0 Å². The van der Waals surface area contributed by atoms with Gasteiger partial charge >= 0.3 is 6.03 Å². The van der Waals surface area contributed by atoms with E-state index < -0.39 is 6.03 Å². The van der Waals surface area contributed by atoms with Gasteiger partial charge in [-0.05, 0) is 24.3 Å². The van der Waals surface area contributed by atoms with Crippen LogP contribution in [-0.4, -0.2) is 13.1 Å². The third kappa shape index (κ3) is 1.97. The van der Waals surface area contributed by atoms with E-state index in [1.165, 1.54) is 4.90 Å². The Morgan fingerprint density at radius 1 is 1.46 bits per heavy atom. The zero-order valence-corrected chi connectivity index (χ0v) is 7.19. The summed E-state index contributed by atoms with van der Waals surface area (Å²) in [6.07, 6.45) is 0. The van der Waals surface area contributed by atoms with Crippen LogP contribution in [0, 0.1) is 11.3 Å². The number of hydrogen-bond acceptors (Lipinski definition) is 2. The predicted molar refractivity (Wildman–Crippen MR) is 49.1 cm³/mol. The van der Waals surface area contributed by atoms with Crippen LogP contribution in [0.1, 0.15) is 5.56 Å². The first-order valence-corrected chi connectivity index (χ1v) is 3.68. The van der Waals surface area contributed by atoms with Crippen LogP contribution in [0.15, 0.2) is 24.3 Å². The van der Waals surface area contributed by atoms with Crippen LogP contribution < -0.4 is 10.6 Å². The van der Waals surface area contributed by atoms with Gasteiger partial charge in [0.15, 0.2) is 0 Å². The van der Waals surface area contributed by atoms with Gasteiger partial charge in [-0.3, -0.25) is 4.90 Å². The summed E-state index contributed by atoms with van der Waals surface area (Å²) < 4.78 is 0. The molecule has 1 aromatic carbocycles. The number of rotatable bonds is 1. The Bertz CT molecular complexity index is 350. The Morgan fingerprint density at radius 2 is 2.00 bits per heavy atom. The number of benzene rings is 1. The van der Waals surface area contributed by atoms with Crippen molar-refractivity contribution in [2.24, 2.45) is 5.73 Å². The number of amides is 2. The lowest BCUT2D eigenvalue weighted by Crippen LogP contribution is -2.31. The molecular weight excluding hydrogens is 166 g/mol. The molecule has 4 heteroatoms. The van der Waals surface area contributed by atoms with Crippen molar-refractivity contribution in [2.75, 3.05) is 11.9 Å². The largest absolute Gasteiger partial charge is 0.351 e. The maximum absolute atomic E-state index is 10.7. The summed E-state index contributed by atoms with van der Waals surface area (Å²) >= 11 is 0. The van der Waals surface area contributed by atoms with Gasteiger partial charge in [-0.1, -0.05) is 0 Å². The molecule has 0 aromatic heterocycles. The predicted octanol–water partition coefficient (Wildman–Crippen LogP) is 1.07. The second-order valence-corrected chi connectivity index (χ2v) is 2.56. The van der Waals surface area contributed by atoms with E-state index in [1.54, 1.807) is 31.3 Å². The van der Waals surface area contributed by atoms with Crippen molar-refractivity contribution in [1.29, 1.82) is 5.26 Å². The number of anilines is 1. The molecule has 0 unspecified atom stereocenters. The topological polar surface area (TPSA) is 70.1 Å². The lowest BCUT2D eigenvalue weighted by molar-refractivity contribution is 0.255. The highest BCUT2D eigenvalue weighted by Crippen LogP contribution is 2.12. The van der Waals surface area contributed by atoms with E-state index in [4.69, 9.17) is 11.0 Å². The molecule has 1 rings (SSSR count). The van der Waals surface area contributed by atoms with Crippen LogP contribution in [0.25, 0.3) is 0 Å². The van der Waals surface area contributed by atoms with Crippen molar-refractivity contribution >= 4 is 11.7 Å². The number of nitrogens with zero attached hydrogens (tertiary/aromatic N) is 2. The summed E-state index contributed by atoms with van der Waals surface area (Å²) in [4.78, 5) is 12.0. The Morgan fingerprint density at radius 3 is 2.38 bits per heavy atom. The number of primary amides is 1. The fourth-order valence-corrected chi connectivity index (χ4v) is 0.887. The van der Waals surface area contributed by atoms with Crippen molar-refractivity contribution in [1.82, 2.24) is 0 Å². The van der Waals surface area contributed by atoms with Gasteiger partial charge in [-0.25, -0.2) is 4.79 Å². The molecule has 1 aromatic rings. The van der Waals surface area contributed by atoms with Gasteiger partial charge in [-0.2, -0.15) is 5.26 Å². The standard InChI is InChI=1S/C9H9N3O/c1-12(9(11)13)8-4-2-7(6-10)3-5-8/h2-5H,1H3,(H2,11,13). The summed E-state index contributed by atoms with van der Waals surface area (Å²) in [5.74, 6) is 0. The molecule has 0 saturated carbocycles. The van der Waals surface area contributed by atoms with Crippen molar-refractivity contribution in [3.8, 4) is 6.07 Å². The maximum atomic E-state index is 10.7. The summed E-state index contributed by atoms with van der Waals surface area (Å²) in [7, 11) is 1.57. The molecule has 0 spiro atoms. The maximum Gasteiger partial charge on any atom is 0.318 e. The molecule has 0 aliphatic carbocycles. The molecule has 0 aliphatic heterocycles.